The largest absolute Gasteiger partial charge is 0.211 e. The molecule has 0 nitrogen and oxygen atoms in total. The summed E-state index contributed by atoms with van der Waals surface area (Å²) in [5.41, 5.74) is 0.649. The van der Waals surface area contributed by atoms with E-state index in [1.165, 1.54) is 13.0 Å². The lowest BCUT2D eigenvalue weighted by atomic mass is 10.1. The van der Waals surface area contributed by atoms with Gasteiger partial charge in [-0.15, -0.1) is 0 Å². The summed E-state index contributed by atoms with van der Waals surface area (Å²) in [4.78, 5) is 0. The zero-order valence-corrected chi connectivity index (χ0v) is 7.75. The highest BCUT2D eigenvalue weighted by Crippen LogP contribution is 2.19. The topological polar surface area (TPSA) is 0 Å². The summed E-state index contributed by atoms with van der Waals surface area (Å²) < 4.78 is 25.8. The molecule has 0 spiro atoms. The van der Waals surface area contributed by atoms with Crippen LogP contribution in [0.5, 0.6) is 0 Å². The van der Waals surface area contributed by atoms with Crippen LogP contribution in [0, 0.1) is 0 Å². The van der Waals surface area contributed by atoms with Crippen LogP contribution < -0.4 is 0 Å². The van der Waals surface area contributed by atoms with Crippen LogP contribution in [0.2, 0.25) is 0 Å². The highest BCUT2D eigenvalue weighted by molar-refractivity contribution is 5.31. The Kier molecular flexibility index (Phi) is 4.49. The highest BCUT2D eigenvalue weighted by Gasteiger charge is 2.04. The van der Waals surface area contributed by atoms with E-state index >= 15 is 0 Å². The molecule has 0 aliphatic heterocycles. The first-order chi connectivity index (χ1) is 5.49. The number of halogens is 2. The first-order valence-electron chi connectivity index (χ1n) is 3.87. The van der Waals surface area contributed by atoms with Gasteiger partial charge in [0.2, 0.25) is 0 Å². The van der Waals surface area contributed by atoms with Gasteiger partial charge in [-0.2, -0.15) is 0 Å². The molecule has 0 aromatic carbocycles. The van der Waals surface area contributed by atoms with Crippen molar-refractivity contribution in [2.75, 3.05) is 0 Å². The van der Waals surface area contributed by atoms with E-state index in [0.717, 1.165) is 0 Å². The maximum Gasteiger partial charge on any atom is 0.128 e. The minimum Gasteiger partial charge on any atom is -0.211 e. The maximum absolute atomic E-state index is 13.0. The molecule has 0 aliphatic carbocycles. The van der Waals surface area contributed by atoms with Crippen molar-refractivity contribution in [3.8, 4) is 0 Å². The van der Waals surface area contributed by atoms with Crippen LogP contribution in [-0.4, -0.2) is 0 Å². The summed E-state index contributed by atoms with van der Waals surface area (Å²) in [6.07, 6.45) is 1.45. The van der Waals surface area contributed by atoms with Gasteiger partial charge in [0.05, 0.1) is 0 Å². The molecule has 0 bridgehead atoms. The highest BCUT2D eigenvalue weighted by atomic mass is 19.1. The quantitative estimate of drug-likeness (QED) is 0.563. The second-order valence-corrected chi connectivity index (χ2v) is 2.72. The Morgan fingerprint density at radius 2 is 1.83 bits per heavy atom. The molecular formula is C10H14F2. The molecule has 0 N–H and O–H groups in total. The Bertz CT molecular complexity index is 234. The number of allylic oxidation sites excluding steroid dienone is 5. The molecule has 2 heteroatoms. The van der Waals surface area contributed by atoms with Gasteiger partial charge in [0.15, 0.2) is 0 Å². The van der Waals surface area contributed by atoms with Crippen LogP contribution >= 0.6 is 0 Å². The summed E-state index contributed by atoms with van der Waals surface area (Å²) in [6.45, 7) is 8.23. The average molecular weight is 172 g/mol. The first kappa shape index (κ1) is 11.1. The Morgan fingerprint density at radius 3 is 2.17 bits per heavy atom. The van der Waals surface area contributed by atoms with Gasteiger partial charge in [0.1, 0.15) is 11.7 Å². The van der Waals surface area contributed by atoms with Crippen LogP contribution in [0.15, 0.2) is 35.5 Å². The van der Waals surface area contributed by atoms with Gasteiger partial charge in [-0.3, -0.25) is 0 Å². The van der Waals surface area contributed by atoms with Crippen molar-refractivity contribution in [2.24, 2.45) is 0 Å². The lowest BCUT2D eigenvalue weighted by Crippen LogP contribution is -1.83. The van der Waals surface area contributed by atoms with Crippen LogP contribution in [-0.2, 0) is 0 Å². The van der Waals surface area contributed by atoms with E-state index in [2.05, 4.69) is 6.58 Å². The van der Waals surface area contributed by atoms with Crippen LogP contribution in [0.1, 0.15) is 27.2 Å². The van der Waals surface area contributed by atoms with E-state index < -0.39 is 11.7 Å². The zero-order chi connectivity index (χ0) is 9.72. The third-order valence-electron chi connectivity index (χ3n) is 1.45. The van der Waals surface area contributed by atoms with E-state index in [1.54, 1.807) is 13.8 Å². The third kappa shape index (κ3) is 3.46. The summed E-state index contributed by atoms with van der Waals surface area (Å²) in [5.74, 6) is -0.952. The van der Waals surface area contributed by atoms with Crippen molar-refractivity contribution in [3.05, 3.63) is 35.5 Å². The van der Waals surface area contributed by atoms with Crippen LogP contribution in [0.3, 0.4) is 0 Å². The zero-order valence-electron chi connectivity index (χ0n) is 7.75. The molecule has 0 aliphatic rings. The van der Waals surface area contributed by atoms with Gasteiger partial charge in [-0.05, 0) is 26.3 Å². The molecule has 0 saturated carbocycles. The molecule has 0 heterocycles. The minimum atomic E-state index is -0.540. The van der Waals surface area contributed by atoms with E-state index in [1.807, 2.05) is 0 Å². The molecule has 0 rings (SSSR count). The SMILES string of the molecule is C=C(C)C=C(F)C(C)=C(F)CC. The van der Waals surface area contributed by atoms with Crippen molar-refractivity contribution in [1.29, 1.82) is 0 Å². The van der Waals surface area contributed by atoms with Crippen molar-refractivity contribution < 1.29 is 8.78 Å². The van der Waals surface area contributed by atoms with Crippen molar-refractivity contribution in [1.82, 2.24) is 0 Å². The van der Waals surface area contributed by atoms with Gasteiger partial charge >= 0.3 is 0 Å². The van der Waals surface area contributed by atoms with Crippen molar-refractivity contribution >= 4 is 0 Å². The molecule has 68 valence electrons. The molecule has 0 aromatic heterocycles. The van der Waals surface area contributed by atoms with Crippen molar-refractivity contribution in [2.45, 2.75) is 27.2 Å². The standard InChI is InChI=1S/C10H14F2/c1-5-9(11)8(4)10(12)6-7(2)3/h6H,2,5H2,1,3-4H3. The Labute approximate surface area is 72.3 Å². The molecular weight excluding hydrogens is 158 g/mol. The fourth-order valence-electron chi connectivity index (χ4n) is 0.719. The summed E-state index contributed by atoms with van der Waals surface area (Å²) in [6, 6.07) is 0. The lowest BCUT2D eigenvalue weighted by molar-refractivity contribution is 0.570. The van der Waals surface area contributed by atoms with E-state index in [0.29, 0.717) is 5.57 Å². The van der Waals surface area contributed by atoms with Gasteiger partial charge < -0.3 is 0 Å². The monoisotopic (exact) mass is 172 g/mol. The fraction of sp³-hybridized carbons (Fsp3) is 0.400. The molecule has 0 radical (unpaired) electrons. The Hall–Kier alpha value is -0.920. The smallest absolute Gasteiger partial charge is 0.128 e. The van der Waals surface area contributed by atoms with Gasteiger partial charge in [-0.1, -0.05) is 19.1 Å². The molecule has 0 fully saturated rings. The molecule has 0 atom stereocenters. The summed E-state index contributed by atoms with van der Waals surface area (Å²) >= 11 is 0. The number of rotatable bonds is 3. The second kappa shape index (κ2) is 4.86. The summed E-state index contributed by atoms with van der Waals surface area (Å²) in [7, 11) is 0. The first-order valence-corrected chi connectivity index (χ1v) is 3.87. The van der Waals surface area contributed by atoms with Crippen LogP contribution in [0.25, 0.3) is 0 Å². The predicted octanol–water partition coefficient (Wildman–Crippen LogP) is 4.07. The van der Waals surface area contributed by atoms with E-state index in [9.17, 15) is 8.78 Å². The molecule has 0 amide bonds. The van der Waals surface area contributed by atoms with E-state index in [4.69, 9.17) is 0 Å². The number of hydrogen-bond acceptors (Lipinski definition) is 0. The van der Waals surface area contributed by atoms with Crippen molar-refractivity contribution in [3.63, 3.8) is 0 Å². The van der Waals surface area contributed by atoms with Gasteiger partial charge in [-0.25, -0.2) is 8.78 Å². The molecule has 0 saturated heterocycles. The Morgan fingerprint density at radius 1 is 1.33 bits per heavy atom. The Balaban J connectivity index is 4.70. The predicted molar refractivity (Wildman–Crippen MR) is 48.1 cm³/mol. The van der Waals surface area contributed by atoms with E-state index in [-0.39, 0.29) is 12.0 Å². The van der Waals surface area contributed by atoms with Gasteiger partial charge in [0, 0.05) is 5.57 Å². The third-order valence-corrected chi connectivity index (χ3v) is 1.45. The summed E-state index contributed by atoms with van der Waals surface area (Å²) in [5, 5.41) is 0. The lowest BCUT2D eigenvalue weighted by Gasteiger charge is -1.99. The fourth-order valence-corrected chi connectivity index (χ4v) is 0.719. The molecule has 12 heavy (non-hydrogen) atoms. The molecule has 0 aromatic rings. The van der Waals surface area contributed by atoms with Crippen LogP contribution in [0.4, 0.5) is 8.78 Å². The molecule has 0 unspecified atom stereocenters. The number of hydrogen-bond donors (Lipinski definition) is 0. The normalized spacial score (nSPS) is 14.2. The minimum absolute atomic E-state index is 0.0699. The second-order valence-electron chi connectivity index (χ2n) is 2.72. The average Bonchev–Trinajstić information content (AvgIpc) is 2.00. The maximum atomic E-state index is 13.0. The van der Waals surface area contributed by atoms with Gasteiger partial charge in [0.25, 0.3) is 0 Å².